The van der Waals surface area contributed by atoms with E-state index in [2.05, 4.69) is 14.9 Å². The van der Waals surface area contributed by atoms with Gasteiger partial charge in [0.25, 0.3) is 5.56 Å². The minimum atomic E-state index is -0.207. The predicted octanol–water partition coefficient (Wildman–Crippen LogP) is 2.66. The quantitative estimate of drug-likeness (QED) is 0.732. The van der Waals surface area contributed by atoms with Crippen molar-refractivity contribution in [1.29, 1.82) is 0 Å². The van der Waals surface area contributed by atoms with Gasteiger partial charge < -0.3 is 24.1 Å². The minimum Gasteiger partial charge on any atom is -0.497 e. The number of ether oxygens (including phenoxy) is 3. The Bertz CT molecular complexity index is 1020. The van der Waals surface area contributed by atoms with Gasteiger partial charge in [-0.1, -0.05) is 12.1 Å². The molecule has 0 atom stereocenters. The van der Waals surface area contributed by atoms with Crippen molar-refractivity contribution >= 4 is 16.7 Å². The second-order valence-corrected chi connectivity index (χ2v) is 6.73. The summed E-state index contributed by atoms with van der Waals surface area (Å²) in [6.45, 7) is 5.09. The molecule has 0 aliphatic carbocycles. The molecule has 4 rings (SSSR count). The third kappa shape index (κ3) is 3.80. The fourth-order valence-electron chi connectivity index (χ4n) is 3.24. The second kappa shape index (κ2) is 7.90. The van der Waals surface area contributed by atoms with Crippen LogP contribution in [0.15, 0.2) is 41.2 Å². The molecule has 0 bridgehead atoms. The lowest BCUT2D eigenvalue weighted by atomic mass is 10.2. The molecule has 7 heteroatoms. The molecule has 2 heterocycles. The first-order valence-electron chi connectivity index (χ1n) is 9.27. The van der Waals surface area contributed by atoms with E-state index in [-0.39, 0.29) is 5.56 Å². The average Bonchev–Trinajstić information content (AvgIpc) is 2.74. The van der Waals surface area contributed by atoms with Crippen molar-refractivity contribution in [3.8, 4) is 11.5 Å². The molecule has 1 saturated heterocycles. The lowest BCUT2D eigenvalue weighted by molar-refractivity contribution is 0.122. The molecule has 1 fully saturated rings. The average molecular weight is 381 g/mol. The number of methoxy groups -OCH3 is 1. The zero-order valence-electron chi connectivity index (χ0n) is 16.0. The van der Waals surface area contributed by atoms with Crippen molar-refractivity contribution in [3.05, 3.63) is 58.0 Å². The van der Waals surface area contributed by atoms with E-state index in [1.807, 2.05) is 36.4 Å². The number of nitrogens with one attached hydrogen (secondary N) is 1. The number of hydrogen-bond acceptors (Lipinski definition) is 6. The summed E-state index contributed by atoms with van der Waals surface area (Å²) in [5.74, 6) is 1.41. The lowest BCUT2D eigenvalue weighted by Crippen LogP contribution is -2.36. The Kier molecular flexibility index (Phi) is 5.16. The van der Waals surface area contributed by atoms with Crippen LogP contribution in [0.1, 0.15) is 11.3 Å². The van der Waals surface area contributed by atoms with Crippen molar-refractivity contribution in [2.75, 3.05) is 38.3 Å². The predicted molar refractivity (Wildman–Crippen MR) is 107 cm³/mol. The fraction of sp³-hybridized carbons (Fsp3) is 0.333. The Morgan fingerprint density at radius 3 is 2.64 bits per heavy atom. The van der Waals surface area contributed by atoms with Crippen LogP contribution in [-0.2, 0) is 11.3 Å². The van der Waals surface area contributed by atoms with Gasteiger partial charge in [0, 0.05) is 24.8 Å². The lowest BCUT2D eigenvalue weighted by Gasteiger charge is -2.29. The van der Waals surface area contributed by atoms with Crippen LogP contribution < -0.4 is 19.9 Å². The molecular weight excluding hydrogens is 358 g/mol. The number of anilines is 1. The van der Waals surface area contributed by atoms with Gasteiger partial charge in [0.05, 0.1) is 25.8 Å². The first-order chi connectivity index (χ1) is 13.6. The van der Waals surface area contributed by atoms with E-state index in [4.69, 9.17) is 14.2 Å². The standard InChI is InChI=1S/C21H23N3O4/c1-14-21(25)23-20-18(22-14)11-16(24-7-9-27-10-8-24)12-19(20)28-13-15-3-5-17(26-2)6-4-15/h3-6,11-12H,7-10,13H2,1-2H3,(H,23,25). The van der Waals surface area contributed by atoms with Gasteiger partial charge >= 0.3 is 0 Å². The van der Waals surface area contributed by atoms with Crippen LogP contribution >= 0.6 is 0 Å². The number of aromatic nitrogens is 2. The first-order valence-corrected chi connectivity index (χ1v) is 9.27. The van der Waals surface area contributed by atoms with Gasteiger partial charge in [0.15, 0.2) is 0 Å². The molecule has 0 saturated carbocycles. The van der Waals surface area contributed by atoms with Crippen LogP contribution in [0.2, 0.25) is 0 Å². The van der Waals surface area contributed by atoms with Crippen molar-refractivity contribution in [2.24, 2.45) is 0 Å². The van der Waals surface area contributed by atoms with E-state index >= 15 is 0 Å². The van der Waals surface area contributed by atoms with Gasteiger partial charge in [-0.15, -0.1) is 0 Å². The molecule has 2 aromatic carbocycles. The Hall–Kier alpha value is -3.06. The second-order valence-electron chi connectivity index (χ2n) is 6.73. The summed E-state index contributed by atoms with van der Waals surface area (Å²) in [4.78, 5) is 21.7. The molecule has 1 aromatic heterocycles. The third-order valence-corrected chi connectivity index (χ3v) is 4.85. The van der Waals surface area contributed by atoms with Crippen LogP contribution in [0.5, 0.6) is 11.5 Å². The van der Waals surface area contributed by atoms with E-state index in [9.17, 15) is 4.79 Å². The van der Waals surface area contributed by atoms with E-state index < -0.39 is 0 Å². The van der Waals surface area contributed by atoms with Crippen LogP contribution in [0, 0.1) is 6.92 Å². The molecule has 0 amide bonds. The summed E-state index contributed by atoms with van der Waals surface area (Å²) in [6.07, 6.45) is 0. The molecule has 1 aliphatic rings. The van der Waals surface area contributed by atoms with Gasteiger partial charge in [0.2, 0.25) is 0 Å². The SMILES string of the molecule is COc1ccc(COc2cc(N3CCOCC3)cc3nc(C)c(=O)[nH]c23)cc1. The van der Waals surface area contributed by atoms with Crippen molar-refractivity contribution in [3.63, 3.8) is 0 Å². The monoisotopic (exact) mass is 381 g/mol. The maximum atomic E-state index is 12.1. The number of nitrogens with zero attached hydrogens (tertiary/aromatic N) is 2. The molecule has 1 aliphatic heterocycles. The van der Waals surface area contributed by atoms with Crippen LogP contribution in [0.3, 0.4) is 0 Å². The summed E-state index contributed by atoms with van der Waals surface area (Å²) >= 11 is 0. The number of aryl methyl sites for hydroxylation is 1. The number of H-pyrrole nitrogens is 1. The normalized spacial score (nSPS) is 14.3. The van der Waals surface area contributed by atoms with E-state index in [1.54, 1.807) is 14.0 Å². The highest BCUT2D eigenvalue weighted by Crippen LogP contribution is 2.30. The Morgan fingerprint density at radius 1 is 1.18 bits per heavy atom. The summed E-state index contributed by atoms with van der Waals surface area (Å²) in [5, 5.41) is 0. The molecule has 28 heavy (non-hydrogen) atoms. The van der Waals surface area contributed by atoms with Crippen molar-refractivity contribution in [2.45, 2.75) is 13.5 Å². The highest BCUT2D eigenvalue weighted by Gasteiger charge is 2.16. The van der Waals surface area contributed by atoms with Crippen LogP contribution in [-0.4, -0.2) is 43.4 Å². The molecule has 146 valence electrons. The van der Waals surface area contributed by atoms with Gasteiger partial charge in [-0.3, -0.25) is 4.79 Å². The fourth-order valence-corrected chi connectivity index (χ4v) is 3.24. The van der Waals surface area contributed by atoms with E-state index in [0.29, 0.717) is 42.3 Å². The molecule has 3 aromatic rings. The molecule has 0 unspecified atom stereocenters. The van der Waals surface area contributed by atoms with E-state index in [0.717, 1.165) is 30.1 Å². The maximum absolute atomic E-state index is 12.1. The van der Waals surface area contributed by atoms with Crippen LogP contribution in [0.4, 0.5) is 5.69 Å². The summed E-state index contributed by atoms with van der Waals surface area (Å²) in [5.41, 5.74) is 3.58. The molecule has 0 spiro atoms. The van der Waals surface area contributed by atoms with Crippen molar-refractivity contribution in [1.82, 2.24) is 9.97 Å². The third-order valence-electron chi connectivity index (χ3n) is 4.85. The zero-order valence-corrected chi connectivity index (χ0v) is 16.0. The number of morpholine rings is 1. The summed E-state index contributed by atoms with van der Waals surface area (Å²) in [7, 11) is 1.64. The Labute approximate surface area is 162 Å². The number of benzene rings is 2. The topological polar surface area (TPSA) is 76.7 Å². The Morgan fingerprint density at radius 2 is 1.93 bits per heavy atom. The van der Waals surface area contributed by atoms with Gasteiger partial charge in [-0.25, -0.2) is 4.98 Å². The molecule has 0 radical (unpaired) electrons. The number of aromatic amines is 1. The van der Waals surface area contributed by atoms with Crippen LogP contribution in [0.25, 0.3) is 11.0 Å². The van der Waals surface area contributed by atoms with Gasteiger partial charge in [-0.2, -0.15) is 0 Å². The molecular formula is C21H23N3O4. The smallest absolute Gasteiger partial charge is 0.269 e. The number of fused-ring (bicyclic) bond motifs is 1. The summed E-state index contributed by atoms with van der Waals surface area (Å²) < 4.78 is 16.7. The first kappa shape index (κ1) is 18.3. The van der Waals surface area contributed by atoms with Gasteiger partial charge in [-0.05, 0) is 30.7 Å². The minimum absolute atomic E-state index is 0.207. The largest absolute Gasteiger partial charge is 0.497 e. The highest BCUT2D eigenvalue weighted by atomic mass is 16.5. The van der Waals surface area contributed by atoms with Crippen molar-refractivity contribution < 1.29 is 14.2 Å². The van der Waals surface area contributed by atoms with Gasteiger partial charge in [0.1, 0.15) is 29.3 Å². The number of hydrogen-bond donors (Lipinski definition) is 1. The highest BCUT2D eigenvalue weighted by molar-refractivity contribution is 5.85. The Balaban J connectivity index is 1.69. The molecule has 1 N–H and O–H groups in total. The maximum Gasteiger partial charge on any atom is 0.269 e. The summed E-state index contributed by atoms with van der Waals surface area (Å²) in [6, 6.07) is 11.7. The molecule has 7 nitrogen and oxygen atoms in total. The number of rotatable bonds is 5. The zero-order chi connectivity index (χ0) is 19.5. The van der Waals surface area contributed by atoms with E-state index in [1.165, 1.54) is 0 Å².